The van der Waals surface area contributed by atoms with Crippen LogP contribution in [-0.2, 0) is 9.53 Å². The predicted molar refractivity (Wildman–Crippen MR) is 95.1 cm³/mol. The molecule has 0 saturated carbocycles. The van der Waals surface area contributed by atoms with Gasteiger partial charge >= 0.3 is 0 Å². The molecule has 0 bridgehead atoms. The summed E-state index contributed by atoms with van der Waals surface area (Å²) in [5.41, 5.74) is 0.483. The van der Waals surface area contributed by atoms with E-state index in [1.807, 2.05) is 6.92 Å². The van der Waals surface area contributed by atoms with E-state index >= 15 is 0 Å². The Morgan fingerprint density at radius 2 is 2.00 bits per heavy atom. The highest BCUT2D eigenvalue weighted by molar-refractivity contribution is 5.99. The predicted octanol–water partition coefficient (Wildman–Crippen LogP) is 2.19. The topological polar surface area (TPSA) is 93.9 Å². The summed E-state index contributed by atoms with van der Waals surface area (Å²) in [5.74, 6) is 0.381. The number of methoxy groups -OCH3 is 1. The van der Waals surface area contributed by atoms with Crippen LogP contribution < -0.4 is 10.1 Å². The minimum Gasteiger partial charge on any atom is -0.497 e. The van der Waals surface area contributed by atoms with Crippen molar-refractivity contribution in [3.05, 3.63) is 42.2 Å². The molecule has 0 unspecified atom stereocenters. The van der Waals surface area contributed by atoms with Crippen molar-refractivity contribution in [1.82, 2.24) is 10.1 Å². The first-order valence-corrected chi connectivity index (χ1v) is 8.35. The molecule has 0 aliphatic rings. The van der Waals surface area contributed by atoms with Crippen LogP contribution >= 0.6 is 0 Å². The average Bonchev–Trinajstić information content (AvgIpc) is 3.16. The molecule has 2 rings (SSSR count). The molecule has 26 heavy (non-hydrogen) atoms. The molecule has 2 amide bonds. The van der Waals surface area contributed by atoms with Crippen LogP contribution in [0, 0.1) is 0 Å². The number of aromatic nitrogens is 1. The zero-order chi connectivity index (χ0) is 18.8. The first-order chi connectivity index (χ1) is 12.6. The van der Waals surface area contributed by atoms with Gasteiger partial charge in [0.2, 0.25) is 5.91 Å². The fourth-order valence-corrected chi connectivity index (χ4v) is 2.30. The number of nitrogens with zero attached hydrogens (tertiary/aromatic N) is 2. The summed E-state index contributed by atoms with van der Waals surface area (Å²) < 4.78 is 15.1. The smallest absolute Gasteiger partial charge is 0.254 e. The Labute approximate surface area is 152 Å². The lowest BCUT2D eigenvalue weighted by Crippen LogP contribution is -2.39. The van der Waals surface area contributed by atoms with E-state index in [4.69, 9.17) is 9.47 Å². The molecule has 0 aliphatic carbocycles. The van der Waals surface area contributed by atoms with E-state index in [0.29, 0.717) is 43.3 Å². The van der Waals surface area contributed by atoms with Gasteiger partial charge in [-0.3, -0.25) is 9.59 Å². The highest BCUT2D eigenvalue weighted by Gasteiger charge is 2.19. The van der Waals surface area contributed by atoms with Crippen molar-refractivity contribution >= 4 is 17.6 Å². The summed E-state index contributed by atoms with van der Waals surface area (Å²) in [4.78, 5) is 26.5. The number of carbonyl (C=O) groups is 2. The van der Waals surface area contributed by atoms with Crippen LogP contribution in [0.25, 0.3) is 0 Å². The summed E-state index contributed by atoms with van der Waals surface area (Å²) in [5, 5.41) is 6.22. The van der Waals surface area contributed by atoms with E-state index in [2.05, 4.69) is 15.0 Å². The highest BCUT2D eigenvalue weighted by Crippen LogP contribution is 2.13. The second kappa shape index (κ2) is 10.2. The SMILES string of the molecule is CCOCCCN(CC(=O)Nc1ccon1)C(=O)c1ccc(OC)cc1. The van der Waals surface area contributed by atoms with Crippen LogP contribution in [0.1, 0.15) is 23.7 Å². The molecule has 8 nitrogen and oxygen atoms in total. The van der Waals surface area contributed by atoms with Crippen LogP contribution in [0.5, 0.6) is 5.75 Å². The molecule has 0 spiro atoms. The molecule has 0 radical (unpaired) electrons. The van der Waals surface area contributed by atoms with Gasteiger partial charge in [0.05, 0.1) is 7.11 Å². The lowest BCUT2D eigenvalue weighted by Gasteiger charge is -2.22. The number of hydrogen-bond acceptors (Lipinski definition) is 6. The van der Waals surface area contributed by atoms with Gasteiger partial charge in [0.15, 0.2) is 5.82 Å². The van der Waals surface area contributed by atoms with Crippen molar-refractivity contribution in [2.45, 2.75) is 13.3 Å². The van der Waals surface area contributed by atoms with Gasteiger partial charge in [-0.1, -0.05) is 5.16 Å². The van der Waals surface area contributed by atoms with Crippen LogP contribution in [0.2, 0.25) is 0 Å². The Bertz CT molecular complexity index is 685. The van der Waals surface area contributed by atoms with Crippen LogP contribution in [0.15, 0.2) is 41.1 Å². The minimum absolute atomic E-state index is 0.0934. The fourth-order valence-electron chi connectivity index (χ4n) is 2.30. The Morgan fingerprint density at radius 3 is 2.62 bits per heavy atom. The monoisotopic (exact) mass is 361 g/mol. The Morgan fingerprint density at radius 1 is 1.23 bits per heavy atom. The van der Waals surface area contributed by atoms with Gasteiger partial charge in [-0.25, -0.2) is 0 Å². The molecular formula is C18H23N3O5. The fraction of sp³-hybridized carbons (Fsp3) is 0.389. The maximum atomic E-state index is 12.8. The average molecular weight is 361 g/mol. The van der Waals surface area contributed by atoms with E-state index in [1.165, 1.54) is 17.2 Å². The van der Waals surface area contributed by atoms with Gasteiger partial charge in [-0.15, -0.1) is 0 Å². The van der Waals surface area contributed by atoms with Crippen molar-refractivity contribution in [2.24, 2.45) is 0 Å². The van der Waals surface area contributed by atoms with Crippen molar-refractivity contribution in [3.63, 3.8) is 0 Å². The molecule has 140 valence electrons. The normalized spacial score (nSPS) is 10.4. The van der Waals surface area contributed by atoms with Gasteiger partial charge in [-0.05, 0) is 37.6 Å². The van der Waals surface area contributed by atoms with Gasteiger partial charge < -0.3 is 24.2 Å². The largest absolute Gasteiger partial charge is 0.497 e. The van der Waals surface area contributed by atoms with Crippen LogP contribution in [0.4, 0.5) is 5.82 Å². The third-order valence-corrected chi connectivity index (χ3v) is 3.58. The van der Waals surface area contributed by atoms with E-state index < -0.39 is 0 Å². The summed E-state index contributed by atoms with van der Waals surface area (Å²) in [6.45, 7) is 3.35. The van der Waals surface area contributed by atoms with Gasteiger partial charge in [0, 0.05) is 31.4 Å². The lowest BCUT2D eigenvalue weighted by atomic mass is 10.2. The van der Waals surface area contributed by atoms with Gasteiger partial charge in [0.25, 0.3) is 5.91 Å². The lowest BCUT2D eigenvalue weighted by molar-refractivity contribution is -0.117. The van der Waals surface area contributed by atoms with Crippen molar-refractivity contribution < 1.29 is 23.6 Å². The number of anilines is 1. The number of rotatable bonds is 10. The quantitative estimate of drug-likeness (QED) is 0.652. The van der Waals surface area contributed by atoms with Crippen LogP contribution in [-0.4, -0.2) is 55.3 Å². The third kappa shape index (κ3) is 5.89. The molecule has 0 saturated heterocycles. The Kier molecular flexibility index (Phi) is 7.63. The number of nitrogens with one attached hydrogen (secondary N) is 1. The maximum absolute atomic E-state index is 12.8. The van der Waals surface area contributed by atoms with E-state index in [9.17, 15) is 9.59 Å². The Balaban J connectivity index is 2.02. The van der Waals surface area contributed by atoms with Gasteiger partial charge in [0.1, 0.15) is 18.6 Å². The zero-order valence-corrected chi connectivity index (χ0v) is 14.9. The number of hydrogen-bond donors (Lipinski definition) is 1. The van der Waals surface area contributed by atoms with Crippen molar-refractivity contribution in [1.29, 1.82) is 0 Å². The molecule has 1 heterocycles. The van der Waals surface area contributed by atoms with E-state index in [1.54, 1.807) is 31.4 Å². The number of amides is 2. The summed E-state index contributed by atoms with van der Waals surface area (Å²) in [7, 11) is 1.56. The molecule has 1 aromatic heterocycles. The Hall–Kier alpha value is -2.87. The number of benzene rings is 1. The number of ether oxygens (including phenoxy) is 2. The number of carbonyl (C=O) groups excluding carboxylic acids is 2. The molecule has 2 aromatic rings. The molecule has 1 aromatic carbocycles. The van der Waals surface area contributed by atoms with Crippen molar-refractivity contribution in [3.8, 4) is 5.75 Å². The third-order valence-electron chi connectivity index (χ3n) is 3.58. The summed E-state index contributed by atoms with van der Waals surface area (Å²) >= 11 is 0. The first-order valence-electron chi connectivity index (χ1n) is 8.35. The molecule has 8 heteroatoms. The molecule has 0 fully saturated rings. The minimum atomic E-state index is -0.350. The second-order valence-corrected chi connectivity index (χ2v) is 5.44. The van der Waals surface area contributed by atoms with Crippen LogP contribution in [0.3, 0.4) is 0 Å². The van der Waals surface area contributed by atoms with Gasteiger partial charge in [-0.2, -0.15) is 0 Å². The molecular weight excluding hydrogens is 338 g/mol. The molecule has 1 N–H and O–H groups in total. The maximum Gasteiger partial charge on any atom is 0.254 e. The zero-order valence-electron chi connectivity index (χ0n) is 14.9. The second-order valence-electron chi connectivity index (χ2n) is 5.44. The van der Waals surface area contributed by atoms with E-state index in [-0.39, 0.29) is 18.4 Å². The first kappa shape index (κ1) is 19.5. The summed E-state index contributed by atoms with van der Waals surface area (Å²) in [6, 6.07) is 8.29. The molecule has 0 atom stereocenters. The summed E-state index contributed by atoms with van der Waals surface area (Å²) in [6.07, 6.45) is 1.99. The van der Waals surface area contributed by atoms with Crippen molar-refractivity contribution in [2.75, 3.05) is 38.7 Å². The molecule has 0 aliphatic heterocycles. The standard InChI is InChI=1S/C18H23N3O5/c1-3-25-11-4-10-21(13-17(22)19-16-9-12-26-20-16)18(23)14-5-7-15(24-2)8-6-14/h5-9,12H,3-4,10-11,13H2,1-2H3,(H,19,20,22). The van der Waals surface area contributed by atoms with E-state index in [0.717, 1.165) is 0 Å². The highest BCUT2D eigenvalue weighted by atomic mass is 16.5.